The van der Waals surface area contributed by atoms with Gasteiger partial charge in [-0.2, -0.15) is 8.61 Å². The van der Waals surface area contributed by atoms with Crippen molar-refractivity contribution in [2.75, 3.05) is 26.2 Å². The average molecular weight is 537 g/mol. The standard InChI is InChI=1S/C25H32N2O7S2/c1-17-13-26(14-18(2)33-17)35(29,30)23-9-5-7-21(11-23)25(28)22-8-6-10-24(12-22)36(31,32)27-15-19(3)34-20(4)16-27/h5-12,17-20H,13-16H2,1-4H3/t17-,18+,19-,20+. The van der Waals surface area contributed by atoms with Crippen LogP contribution in [0.25, 0.3) is 0 Å². The van der Waals surface area contributed by atoms with Crippen molar-refractivity contribution in [3.63, 3.8) is 0 Å². The first kappa shape index (κ1) is 26.9. The van der Waals surface area contributed by atoms with Crippen LogP contribution in [0.5, 0.6) is 0 Å². The second-order valence-electron chi connectivity index (χ2n) is 9.54. The second kappa shape index (κ2) is 10.3. The molecule has 0 unspecified atom stereocenters. The van der Waals surface area contributed by atoms with Crippen LogP contribution in [0.15, 0.2) is 58.3 Å². The molecule has 196 valence electrons. The predicted molar refractivity (Wildman–Crippen MR) is 134 cm³/mol. The maximum Gasteiger partial charge on any atom is 0.243 e. The van der Waals surface area contributed by atoms with Gasteiger partial charge in [-0.25, -0.2) is 16.8 Å². The van der Waals surface area contributed by atoms with E-state index < -0.39 is 25.8 Å². The van der Waals surface area contributed by atoms with Crippen LogP contribution in [0, 0.1) is 0 Å². The molecule has 36 heavy (non-hydrogen) atoms. The van der Waals surface area contributed by atoms with Crippen LogP contribution in [-0.2, 0) is 29.5 Å². The molecule has 0 aromatic heterocycles. The highest BCUT2D eigenvalue weighted by atomic mass is 32.2. The summed E-state index contributed by atoms with van der Waals surface area (Å²) >= 11 is 0. The third-order valence-electron chi connectivity index (χ3n) is 6.24. The van der Waals surface area contributed by atoms with Crippen molar-refractivity contribution in [3.05, 3.63) is 59.7 Å². The lowest BCUT2D eigenvalue weighted by Crippen LogP contribution is -2.48. The van der Waals surface area contributed by atoms with Gasteiger partial charge in [0.1, 0.15) is 0 Å². The summed E-state index contributed by atoms with van der Waals surface area (Å²) in [4.78, 5) is 13.3. The topological polar surface area (TPSA) is 110 Å². The number of ether oxygens (including phenoxy) is 2. The third kappa shape index (κ3) is 5.56. The molecule has 2 aromatic carbocycles. The fraction of sp³-hybridized carbons (Fsp3) is 0.480. The van der Waals surface area contributed by atoms with E-state index in [4.69, 9.17) is 9.47 Å². The van der Waals surface area contributed by atoms with Crippen molar-refractivity contribution in [2.24, 2.45) is 0 Å². The first-order chi connectivity index (χ1) is 16.9. The number of ketones is 1. The Morgan fingerprint density at radius 3 is 1.33 bits per heavy atom. The molecule has 2 heterocycles. The van der Waals surface area contributed by atoms with Crippen LogP contribution in [0.1, 0.15) is 43.6 Å². The van der Waals surface area contributed by atoms with E-state index in [2.05, 4.69) is 0 Å². The van der Waals surface area contributed by atoms with Gasteiger partial charge in [0.05, 0.1) is 34.2 Å². The molecular formula is C25H32N2O7S2. The molecule has 11 heteroatoms. The van der Waals surface area contributed by atoms with Crippen molar-refractivity contribution in [2.45, 2.75) is 61.9 Å². The Bertz CT molecular complexity index is 1220. The van der Waals surface area contributed by atoms with E-state index in [1.807, 2.05) is 27.7 Å². The smallest absolute Gasteiger partial charge is 0.243 e. The molecule has 2 aliphatic rings. The molecule has 4 atom stereocenters. The molecular weight excluding hydrogens is 504 g/mol. The van der Waals surface area contributed by atoms with Gasteiger partial charge >= 0.3 is 0 Å². The highest BCUT2D eigenvalue weighted by Gasteiger charge is 2.34. The normalized spacial score (nSPS) is 26.6. The minimum absolute atomic E-state index is 0.00900. The lowest BCUT2D eigenvalue weighted by molar-refractivity contribution is -0.0442. The fourth-order valence-electron chi connectivity index (χ4n) is 4.71. The Labute approximate surface area is 213 Å². The molecule has 0 amide bonds. The molecule has 0 spiro atoms. The quantitative estimate of drug-likeness (QED) is 0.522. The number of hydrogen-bond donors (Lipinski definition) is 0. The van der Waals surface area contributed by atoms with E-state index in [9.17, 15) is 21.6 Å². The van der Waals surface area contributed by atoms with Crippen molar-refractivity contribution in [3.8, 4) is 0 Å². The molecule has 0 radical (unpaired) electrons. The highest BCUT2D eigenvalue weighted by molar-refractivity contribution is 7.89. The van der Waals surface area contributed by atoms with Gasteiger partial charge in [-0.05, 0) is 52.0 Å². The third-order valence-corrected chi connectivity index (χ3v) is 9.90. The molecule has 2 fully saturated rings. The number of rotatable bonds is 6. The largest absolute Gasteiger partial charge is 0.373 e. The van der Waals surface area contributed by atoms with E-state index >= 15 is 0 Å². The Hall–Kier alpha value is -2.15. The van der Waals surface area contributed by atoms with Crippen molar-refractivity contribution in [1.82, 2.24) is 8.61 Å². The zero-order valence-corrected chi connectivity index (χ0v) is 22.5. The summed E-state index contributed by atoms with van der Waals surface area (Å²) in [6.45, 7) is 8.17. The maximum absolute atomic E-state index is 13.3. The maximum atomic E-state index is 13.3. The van der Waals surface area contributed by atoms with E-state index in [-0.39, 0.29) is 71.5 Å². The fourth-order valence-corrected chi connectivity index (χ4v) is 7.99. The molecule has 0 aliphatic carbocycles. The van der Waals surface area contributed by atoms with E-state index in [1.54, 1.807) is 0 Å². The SMILES string of the molecule is C[C@@H]1CN(S(=O)(=O)c2cccc(C(=O)c3cccc(S(=O)(=O)N4C[C@@H](C)O[C@@H](C)C4)c3)c2)C[C@H](C)O1. The molecule has 2 aromatic rings. The molecule has 0 N–H and O–H groups in total. The monoisotopic (exact) mass is 536 g/mol. The summed E-state index contributed by atoms with van der Waals surface area (Å²) < 4.78 is 67.1. The first-order valence-electron chi connectivity index (χ1n) is 11.9. The summed E-state index contributed by atoms with van der Waals surface area (Å²) in [6, 6.07) is 11.7. The summed E-state index contributed by atoms with van der Waals surface area (Å²) in [5, 5.41) is 0. The van der Waals surface area contributed by atoms with Gasteiger partial charge in [-0.3, -0.25) is 4.79 Å². The van der Waals surface area contributed by atoms with Crippen LogP contribution >= 0.6 is 0 Å². The van der Waals surface area contributed by atoms with Crippen molar-refractivity contribution in [1.29, 1.82) is 0 Å². The second-order valence-corrected chi connectivity index (χ2v) is 13.4. The Balaban J connectivity index is 1.61. The lowest BCUT2D eigenvalue weighted by Gasteiger charge is -2.34. The molecule has 9 nitrogen and oxygen atoms in total. The number of sulfonamides is 2. The van der Waals surface area contributed by atoms with Gasteiger partial charge < -0.3 is 9.47 Å². The minimum atomic E-state index is -3.84. The minimum Gasteiger partial charge on any atom is -0.373 e. The van der Waals surface area contributed by atoms with Crippen molar-refractivity contribution >= 4 is 25.8 Å². The number of nitrogens with zero attached hydrogens (tertiary/aromatic N) is 2. The van der Waals surface area contributed by atoms with Gasteiger partial charge in [-0.15, -0.1) is 0 Å². The van der Waals surface area contributed by atoms with Gasteiger partial charge in [-0.1, -0.05) is 24.3 Å². The molecule has 0 saturated carbocycles. The van der Waals surface area contributed by atoms with Gasteiger partial charge in [0.2, 0.25) is 20.0 Å². The Morgan fingerprint density at radius 2 is 1.00 bits per heavy atom. The average Bonchev–Trinajstić information content (AvgIpc) is 2.82. The van der Waals surface area contributed by atoms with Crippen LogP contribution in [-0.4, -0.2) is 81.8 Å². The summed E-state index contributed by atoms with van der Waals surface area (Å²) in [5.74, 6) is -0.462. The summed E-state index contributed by atoms with van der Waals surface area (Å²) in [5.41, 5.74) is 0.321. The Morgan fingerprint density at radius 1 is 0.667 bits per heavy atom. The van der Waals surface area contributed by atoms with Gasteiger partial charge in [0, 0.05) is 37.3 Å². The predicted octanol–water partition coefficient (Wildman–Crippen LogP) is 2.51. The number of carbonyl (C=O) groups is 1. The van der Waals surface area contributed by atoms with E-state index in [1.165, 1.54) is 57.1 Å². The van der Waals surface area contributed by atoms with Gasteiger partial charge in [0.25, 0.3) is 0 Å². The van der Waals surface area contributed by atoms with Crippen molar-refractivity contribution < 1.29 is 31.1 Å². The van der Waals surface area contributed by atoms with E-state index in [0.717, 1.165) is 0 Å². The van der Waals surface area contributed by atoms with Crippen LogP contribution in [0.2, 0.25) is 0 Å². The molecule has 2 saturated heterocycles. The Kier molecular flexibility index (Phi) is 7.70. The zero-order valence-electron chi connectivity index (χ0n) is 20.8. The first-order valence-corrected chi connectivity index (χ1v) is 14.8. The molecule has 0 bridgehead atoms. The number of carbonyl (C=O) groups excluding carboxylic acids is 1. The lowest BCUT2D eigenvalue weighted by atomic mass is 10.0. The van der Waals surface area contributed by atoms with Crippen LogP contribution in [0.3, 0.4) is 0 Å². The number of benzene rings is 2. The number of hydrogen-bond acceptors (Lipinski definition) is 7. The van der Waals surface area contributed by atoms with Gasteiger partial charge in [0.15, 0.2) is 5.78 Å². The number of morpholine rings is 2. The summed E-state index contributed by atoms with van der Waals surface area (Å²) in [7, 11) is -7.67. The van der Waals surface area contributed by atoms with E-state index in [0.29, 0.717) is 0 Å². The van der Waals surface area contributed by atoms with Crippen LogP contribution < -0.4 is 0 Å². The zero-order chi connectivity index (χ0) is 26.3. The summed E-state index contributed by atoms with van der Waals surface area (Å²) in [6.07, 6.45) is -0.961. The molecule has 4 rings (SSSR count). The van der Waals surface area contributed by atoms with Crippen LogP contribution in [0.4, 0.5) is 0 Å². The molecule has 2 aliphatic heterocycles. The highest BCUT2D eigenvalue weighted by Crippen LogP contribution is 2.25.